The molecule has 0 aliphatic carbocycles. The molecule has 0 radical (unpaired) electrons. The zero-order valence-corrected chi connectivity index (χ0v) is 15.0. The Hall–Kier alpha value is -2.08. The zero-order chi connectivity index (χ0) is 17.9. The van der Waals surface area contributed by atoms with Crippen molar-refractivity contribution in [1.29, 1.82) is 0 Å². The normalized spacial score (nSPS) is 28.5. The third-order valence-corrected chi connectivity index (χ3v) is 6.00. The Bertz CT molecular complexity index is 794. The lowest BCUT2D eigenvalue weighted by molar-refractivity contribution is -0.154. The van der Waals surface area contributed by atoms with Crippen LogP contribution in [0.4, 0.5) is 10.5 Å². The van der Waals surface area contributed by atoms with Gasteiger partial charge >= 0.3 is 6.03 Å². The van der Waals surface area contributed by atoms with Crippen molar-refractivity contribution in [3.63, 3.8) is 0 Å². The number of benzene rings is 1. The number of fused-ring (bicyclic) bond motifs is 4. The topological polar surface area (TPSA) is 69.7 Å². The molecular formula is C18H20ClN3O3. The molecule has 0 saturated carbocycles. The fraction of sp³-hybridized carbons (Fsp3) is 0.500. The molecule has 1 aromatic carbocycles. The number of hydrogen-bond donors (Lipinski definition) is 1. The fourth-order valence-electron chi connectivity index (χ4n) is 4.55. The number of amides is 4. The van der Waals surface area contributed by atoms with Crippen LogP contribution < -0.4 is 10.2 Å². The Morgan fingerprint density at radius 3 is 2.76 bits per heavy atom. The summed E-state index contributed by atoms with van der Waals surface area (Å²) in [5.41, 5.74) is 0.505. The average Bonchev–Trinajstić information content (AvgIpc) is 3.03. The van der Waals surface area contributed by atoms with Crippen molar-refractivity contribution in [2.24, 2.45) is 5.41 Å². The zero-order valence-electron chi connectivity index (χ0n) is 14.2. The molecule has 25 heavy (non-hydrogen) atoms. The van der Waals surface area contributed by atoms with Gasteiger partial charge in [-0.3, -0.25) is 19.8 Å². The number of anilines is 1. The van der Waals surface area contributed by atoms with Gasteiger partial charge < -0.3 is 4.90 Å². The largest absolute Gasteiger partial charge is 0.367 e. The summed E-state index contributed by atoms with van der Waals surface area (Å²) in [4.78, 5) is 41.9. The molecule has 1 aromatic rings. The van der Waals surface area contributed by atoms with Crippen molar-refractivity contribution in [1.82, 2.24) is 10.2 Å². The highest BCUT2D eigenvalue weighted by molar-refractivity contribution is 6.32. The van der Waals surface area contributed by atoms with Crippen molar-refractivity contribution in [3.05, 3.63) is 28.8 Å². The maximum absolute atomic E-state index is 13.4. The molecule has 3 aliphatic heterocycles. The van der Waals surface area contributed by atoms with E-state index in [0.29, 0.717) is 5.02 Å². The maximum atomic E-state index is 13.4. The first-order valence-electron chi connectivity index (χ1n) is 8.61. The van der Waals surface area contributed by atoms with Gasteiger partial charge in [0.2, 0.25) is 11.8 Å². The molecule has 0 bridgehead atoms. The van der Waals surface area contributed by atoms with Crippen molar-refractivity contribution in [2.75, 3.05) is 11.4 Å². The second-order valence-electron chi connectivity index (χ2n) is 7.27. The van der Waals surface area contributed by atoms with Crippen LogP contribution in [-0.4, -0.2) is 41.4 Å². The molecule has 3 aliphatic rings. The molecular weight excluding hydrogens is 342 g/mol. The molecule has 0 unspecified atom stereocenters. The van der Waals surface area contributed by atoms with Gasteiger partial charge in [0.15, 0.2) is 5.41 Å². The van der Waals surface area contributed by atoms with E-state index in [9.17, 15) is 14.4 Å². The Kier molecular flexibility index (Phi) is 3.58. The molecule has 2 fully saturated rings. The van der Waals surface area contributed by atoms with E-state index in [4.69, 9.17) is 11.6 Å². The van der Waals surface area contributed by atoms with E-state index in [1.54, 1.807) is 19.9 Å². The number of urea groups is 1. The standard InChI is InChI=1S/C18H20ClN3O3/c1-10(2)22-16(24)18(15(23)20-17(22)25)9-11-12(19)5-3-6-13(11)21-8-4-7-14(18)21/h3,5-6,10,14H,4,7-9H2,1-2H3,(H,20,23,25)/t14-,18+/m0/s1. The maximum Gasteiger partial charge on any atom is 0.331 e. The lowest BCUT2D eigenvalue weighted by Crippen LogP contribution is -2.72. The van der Waals surface area contributed by atoms with E-state index in [-0.39, 0.29) is 18.5 Å². The third kappa shape index (κ3) is 2.06. The Balaban J connectivity index is 1.91. The quantitative estimate of drug-likeness (QED) is 0.779. The predicted molar refractivity (Wildman–Crippen MR) is 93.5 cm³/mol. The number of barbiturate groups is 1. The summed E-state index contributed by atoms with van der Waals surface area (Å²) in [6, 6.07) is 4.45. The van der Waals surface area contributed by atoms with E-state index in [1.165, 1.54) is 4.90 Å². The van der Waals surface area contributed by atoms with Crippen LogP contribution in [0.2, 0.25) is 5.02 Å². The average molecular weight is 362 g/mol. The van der Waals surface area contributed by atoms with Crippen LogP contribution in [0.3, 0.4) is 0 Å². The number of carbonyl (C=O) groups is 3. The van der Waals surface area contributed by atoms with E-state index in [0.717, 1.165) is 30.6 Å². The van der Waals surface area contributed by atoms with Crippen molar-refractivity contribution in [2.45, 2.75) is 45.2 Å². The van der Waals surface area contributed by atoms with Crippen LogP contribution in [0.15, 0.2) is 18.2 Å². The van der Waals surface area contributed by atoms with Gasteiger partial charge in [-0.1, -0.05) is 17.7 Å². The minimum absolute atomic E-state index is 0.227. The molecule has 4 amide bonds. The van der Waals surface area contributed by atoms with Crippen LogP contribution in [0.1, 0.15) is 32.3 Å². The van der Waals surface area contributed by atoms with E-state index in [2.05, 4.69) is 10.2 Å². The van der Waals surface area contributed by atoms with Gasteiger partial charge in [0.25, 0.3) is 0 Å². The highest BCUT2D eigenvalue weighted by Gasteiger charge is 2.63. The first-order chi connectivity index (χ1) is 11.9. The summed E-state index contributed by atoms with van der Waals surface area (Å²) in [5.74, 6) is -0.902. The number of imide groups is 2. The molecule has 3 heterocycles. The molecule has 132 valence electrons. The number of nitrogens with one attached hydrogen (secondary N) is 1. The van der Waals surface area contributed by atoms with Gasteiger partial charge in [-0.05, 0) is 44.4 Å². The van der Waals surface area contributed by atoms with Crippen molar-refractivity contribution in [3.8, 4) is 0 Å². The summed E-state index contributed by atoms with van der Waals surface area (Å²) in [6.45, 7) is 4.32. The van der Waals surface area contributed by atoms with E-state index >= 15 is 0 Å². The number of nitrogens with zero attached hydrogens (tertiary/aromatic N) is 2. The predicted octanol–water partition coefficient (Wildman–Crippen LogP) is 2.34. The number of rotatable bonds is 1. The summed E-state index contributed by atoms with van der Waals surface area (Å²) in [5, 5.41) is 2.97. The highest BCUT2D eigenvalue weighted by atomic mass is 35.5. The first-order valence-corrected chi connectivity index (χ1v) is 8.99. The van der Waals surface area contributed by atoms with Crippen LogP contribution >= 0.6 is 11.6 Å². The fourth-order valence-corrected chi connectivity index (χ4v) is 4.78. The van der Waals surface area contributed by atoms with Gasteiger partial charge in [-0.15, -0.1) is 0 Å². The van der Waals surface area contributed by atoms with Crippen LogP contribution in [-0.2, 0) is 16.0 Å². The van der Waals surface area contributed by atoms with Gasteiger partial charge in [0.05, 0.1) is 6.04 Å². The lowest BCUT2D eigenvalue weighted by atomic mass is 9.68. The first kappa shape index (κ1) is 16.4. The summed E-state index contributed by atoms with van der Waals surface area (Å²) < 4.78 is 0. The molecule has 4 rings (SSSR count). The summed E-state index contributed by atoms with van der Waals surface area (Å²) >= 11 is 6.41. The van der Waals surface area contributed by atoms with Gasteiger partial charge in [0, 0.05) is 29.7 Å². The summed E-state index contributed by atoms with van der Waals surface area (Å²) in [7, 11) is 0. The lowest BCUT2D eigenvalue weighted by Gasteiger charge is -2.50. The minimum atomic E-state index is -1.30. The van der Waals surface area contributed by atoms with Crippen molar-refractivity contribution < 1.29 is 14.4 Å². The molecule has 1 N–H and O–H groups in total. The highest BCUT2D eigenvalue weighted by Crippen LogP contribution is 2.49. The summed E-state index contributed by atoms with van der Waals surface area (Å²) in [6.07, 6.45) is 1.87. The minimum Gasteiger partial charge on any atom is -0.367 e. The Morgan fingerprint density at radius 2 is 2.04 bits per heavy atom. The molecule has 6 nitrogen and oxygen atoms in total. The van der Waals surface area contributed by atoms with E-state index < -0.39 is 23.3 Å². The molecule has 0 aromatic heterocycles. The number of hydrogen-bond acceptors (Lipinski definition) is 4. The molecule has 2 saturated heterocycles. The Morgan fingerprint density at radius 1 is 1.28 bits per heavy atom. The SMILES string of the molecule is CC(C)N1C(=O)NC(=O)[C@]2(Cc3c(Cl)cccc3N3CCC[C@H]32)C1=O. The van der Waals surface area contributed by atoms with Crippen LogP contribution in [0.5, 0.6) is 0 Å². The van der Waals surface area contributed by atoms with Gasteiger partial charge in [-0.2, -0.15) is 0 Å². The van der Waals surface area contributed by atoms with Gasteiger partial charge in [-0.25, -0.2) is 4.79 Å². The van der Waals surface area contributed by atoms with Gasteiger partial charge in [0.1, 0.15) is 0 Å². The van der Waals surface area contributed by atoms with Crippen LogP contribution in [0, 0.1) is 5.41 Å². The molecule has 7 heteroatoms. The van der Waals surface area contributed by atoms with Crippen molar-refractivity contribution >= 4 is 35.1 Å². The number of carbonyl (C=O) groups excluding carboxylic acids is 3. The Labute approximate surface area is 151 Å². The molecule has 1 spiro atoms. The van der Waals surface area contributed by atoms with Crippen LogP contribution in [0.25, 0.3) is 0 Å². The monoisotopic (exact) mass is 361 g/mol. The second kappa shape index (κ2) is 5.46. The molecule has 2 atom stereocenters. The number of halogens is 1. The third-order valence-electron chi connectivity index (χ3n) is 5.64. The second-order valence-corrected chi connectivity index (χ2v) is 7.67. The smallest absolute Gasteiger partial charge is 0.331 e. The van der Waals surface area contributed by atoms with E-state index in [1.807, 2.05) is 12.1 Å².